The van der Waals surface area contributed by atoms with Crippen LogP contribution in [0, 0.1) is 19.7 Å². The Bertz CT molecular complexity index is 1110. The first-order valence-corrected chi connectivity index (χ1v) is 10.7. The van der Waals surface area contributed by atoms with Gasteiger partial charge in [-0.05, 0) is 55.7 Å². The van der Waals surface area contributed by atoms with Crippen LogP contribution in [0.2, 0.25) is 10.0 Å². The van der Waals surface area contributed by atoms with Crippen molar-refractivity contribution in [3.05, 3.63) is 80.7 Å². The zero-order valence-electron chi connectivity index (χ0n) is 16.8. The Labute approximate surface area is 194 Å². The first kappa shape index (κ1) is 23.3. The van der Waals surface area contributed by atoms with Gasteiger partial charge in [-0.2, -0.15) is 5.10 Å². The van der Waals surface area contributed by atoms with Gasteiger partial charge in [-0.25, -0.2) is 4.39 Å². The van der Waals surface area contributed by atoms with Crippen molar-refractivity contribution in [1.82, 2.24) is 15.5 Å². The Morgan fingerprint density at radius 1 is 1.13 bits per heavy atom. The maximum absolute atomic E-state index is 14.2. The third-order valence-electron chi connectivity index (χ3n) is 4.45. The lowest BCUT2D eigenvalue weighted by molar-refractivity contribution is 0.0937. The molecule has 162 valence electrons. The minimum atomic E-state index is -0.759. The number of aryl methyl sites for hydroxylation is 2. The summed E-state index contributed by atoms with van der Waals surface area (Å²) in [6.45, 7) is 3.62. The molecule has 0 aliphatic carbocycles. The number of benzene rings is 2. The van der Waals surface area contributed by atoms with Crippen molar-refractivity contribution in [3.8, 4) is 11.6 Å². The summed E-state index contributed by atoms with van der Waals surface area (Å²) in [6.07, 6.45) is 0.435. The van der Waals surface area contributed by atoms with Crippen molar-refractivity contribution in [2.45, 2.75) is 26.3 Å². The Morgan fingerprint density at radius 3 is 2.61 bits per heavy atom. The van der Waals surface area contributed by atoms with E-state index in [1.807, 2.05) is 25.1 Å². The molecule has 0 radical (unpaired) electrons. The van der Waals surface area contributed by atoms with Gasteiger partial charge >= 0.3 is 0 Å². The van der Waals surface area contributed by atoms with Crippen molar-refractivity contribution >= 4 is 40.7 Å². The van der Waals surface area contributed by atoms with E-state index in [0.717, 1.165) is 11.1 Å². The van der Waals surface area contributed by atoms with Crippen LogP contribution in [0.1, 0.15) is 27.2 Å². The molecular formula is C22H19Cl3FN3O2. The molecule has 3 aromatic rings. The van der Waals surface area contributed by atoms with E-state index in [1.165, 1.54) is 24.3 Å². The van der Waals surface area contributed by atoms with E-state index in [0.29, 0.717) is 17.1 Å². The normalized spacial score (nSPS) is 11.8. The fraction of sp³-hybridized carbons (Fsp3) is 0.227. The maximum Gasteiger partial charge on any atom is 0.257 e. The second kappa shape index (κ2) is 10.3. The second-order valence-electron chi connectivity index (χ2n) is 6.98. The van der Waals surface area contributed by atoms with Crippen molar-refractivity contribution < 1.29 is 13.9 Å². The van der Waals surface area contributed by atoms with Gasteiger partial charge in [0, 0.05) is 16.9 Å². The summed E-state index contributed by atoms with van der Waals surface area (Å²) in [5.41, 5.74) is 2.48. The predicted octanol–water partition coefficient (Wildman–Crippen LogP) is 5.91. The van der Waals surface area contributed by atoms with Gasteiger partial charge in [-0.3, -0.25) is 4.79 Å². The summed E-state index contributed by atoms with van der Waals surface area (Å²) in [7, 11) is 0. The molecule has 1 aromatic heterocycles. The summed E-state index contributed by atoms with van der Waals surface area (Å²) in [5.74, 6) is -1.40. The fourth-order valence-corrected chi connectivity index (χ4v) is 3.54. The SMILES string of the molecule is Cc1ccc(C[C@H](CCl)NC(=O)c2cc(C)nnc2Oc2cccc(Cl)c2F)c(Cl)c1. The number of alkyl halides is 1. The number of carbonyl (C=O) groups is 1. The average molecular weight is 483 g/mol. The van der Waals surface area contributed by atoms with Gasteiger partial charge in [0.15, 0.2) is 11.6 Å². The summed E-state index contributed by atoms with van der Waals surface area (Å²) in [4.78, 5) is 13.0. The minimum Gasteiger partial charge on any atom is -0.434 e. The molecule has 0 saturated heterocycles. The Morgan fingerprint density at radius 2 is 1.90 bits per heavy atom. The van der Waals surface area contributed by atoms with E-state index in [-0.39, 0.29) is 28.1 Å². The summed E-state index contributed by atoms with van der Waals surface area (Å²) in [5, 5.41) is 11.2. The van der Waals surface area contributed by atoms with Crippen LogP contribution in [-0.4, -0.2) is 28.0 Å². The molecule has 1 heterocycles. The van der Waals surface area contributed by atoms with Gasteiger partial charge in [0.25, 0.3) is 11.8 Å². The molecule has 1 N–H and O–H groups in total. The highest BCUT2D eigenvalue weighted by Gasteiger charge is 2.21. The van der Waals surface area contributed by atoms with E-state index in [2.05, 4.69) is 15.5 Å². The number of ether oxygens (including phenoxy) is 1. The molecule has 0 bridgehead atoms. The van der Waals surface area contributed by atoms with Crippen molar-refractivity contribution in [1.29, 1.82) is 0 Å². The molecule has 0 saturated carbocycles. The quantitative estimate of drug-likeness (QED) is 0.425. The Hall–Kier alpha value is -2.41. The predicted molar refractivity (Wildman–Crippen MR) is 120 cm³/mol. The highest BCUT2D eigenvalue weighted by molar-refractivity contribution is 6.31. The molecule has 3 rings (SSSR count). The van der Waals surface area contributed by atoms with Crippen LogP contribution in [0.15, 0.2) is 42.5 Å². The third kappa shape index (κ3) is 5.85. The van der Waals surface area contributed by atoms with E-state index < -0.39 is 17.8 Å². The van der Waals surface area contributed by atoms with Crippen LogP contribution in [-0.2, 0) is 6.42 Å². The first-order valence-electron chi connectivity index (χ1n) is 9.36. The van der Waals surface area contributed by atoms with Gasteiger partial charge in [0.2, 0.25) is 0 Å². The van der Waals surface area contributed by atoms with Crippen molar-refractivity contribution in [3.63, 3.8) is 0 Å². The van der Waals surface area contributed by atoms with Crippen LogP contribution < -0.4 is 10.1 Å². The third-order valence-corrected chi connectivity index (χ3v) is 5.46. The molecule has 9 heteroatoms. The highest BCUT2D eigenvalue weighted by atomic mass is 35.5. The average Bonchev–Trinajstić information content (AvgIpc) is 2.73. The molecule has 2 aromatic carbocycles. The highest BCUT2D eigenvalue weighted by Crippen LogP contribution is 2.29. The lowest BCUT2D eigenvalue weighted by Crippen LogP contribution is -2.38. The molecule has 1 atom stereocenters. The van der Waals surface area contributed by atoms with E-state index >= 15 is 0 Å². The van der Waals surface area contributed by atoms with E-state index in [4.69, 9.17) is 39.5 Å². The number of nitrogens with one attached hydrogen (secondary N) is 1. The topological polar surface area (TPSA) is 64.1 Å². The zero-order chi connectivity index (χ0) is 22.5. The number of hydrogen-bond acceptors (Lipinski definition) is 4. The minimum absolute atomic E-state index is 0.0944. The number of halogens is 4. The van der Waals surface area contributed by atoms with Crippen LogP contribution in [0.3, 0.4) is 0 Å². The maximum atomic E-state index is 14.2. The van der Waals surface area contributed by atoms with Gasteiger partial charge in [-0.1, -0.05) is 41.4 Å². The van der Waals surface area contributed by atoms with E-state index in [1.54, 1.807) is 6.92 Å². The van der Waals surface area contributed by atoms with Crippen LogP contribution >= 0.6 is 34.8 Å². The lowest BCUT2D eigenvalue weighted by atomic mass is 10.0. The lowest BCUT2D eigenvalue weighted by Gasteiger charge is -2.18. The van der Waals surface area contributed by atoms with Gasteiger partial charge < -0.3 is 10.1 Å². The number of nitrogens with zero attached hydrogens (tertiary/aromatic N) is 2. The number of amides is 1. The number of carbonyl (C=O) groups excluding carboxylic acids is 1. The number of hydrogen-bond donors (Lipinski definition) is 1. The van der Waals surface area contributed by atoms with Gasteiger partial charge in [0.1, 0.15) is 5.56 Å². The summed E-state index contributed by atoms with van der Waals surface area (Å²) >= 11 is 18.2. The number of rotatable bonds is 7. The Balaban J connectivity index is 1.83. The molecule has 5 nitrogen and oxygen atoms in total. The van der Waals surface area contributed by atoms with Crippen molar-refractivity contribution in [2.24, 2.45) is 0 Å². The van der Waals surface area contributed by atoms with Gasteiger partial charge in [0.05, 0.1) is 10.7 Å². The standard InChI is InChI=1S/C22H19Cl3FN3O2/c1-12-6-7-14(18(25)8-12)10-15(11-23)27-21(30)16-9-13(2)28-29-22(16)31-19-5-3-4-17(24)20(19)26/h3-9,15H,10-11H2,1-2H3,(H,27,30)/t15-/m1/s1. The summed E-state index contributed by atoms with van der Waals surface area (Å²) < 4.78 is 19.8. The van der Waals surface area contributed by atoms with Crippen molar-refractivity contribution in [2.75, 3.05) is 5.88 Å². The zero-order valence-corrected chi connectivity index (χ0v) is 19.0. The molecule has 0 unspecified atom stereocenters. The molecular weight excluding hydrogens is 464 g/mol. The fourth-order valence-electron chi connectivity index (χ4n) is 2.87. The smallest absolute Gasteiger partial charge is 0.257 e. The molecule has 31 heavy (non-hydrogen) atoms. The van der Waals surface area contributed by atoms with E-state index in [9.17, 15) is 9.18 Å². The molecule has 0 aliphatic heterocycles. The first-order chi connectivity index (χ1) is 14.8. The molecule has 0 aliphatic rings. The Kier molecular flexibility index (Phi) is 7.70. The second-order valence-corrected chi connectivity index (χ2v) is 8.11. The molecule has 0 fully saturated rings. The molecule has 1 amide bonds. The van der Waals surface area contributed by atoms with Gasteiger partial charge in [-0.15, -0.1) is 16.7 Å². The largest absolute Gasteiger partial charge is 0.434 e. The summed E-state index contributed by atoms with van der Waals surface area (Å²) in [6, 6.07) is 11.1. The molecule has 0 spiro atoms. The van der Waals surface area contributed by atoms with Crippen LogP contribution in [0.25, 0.3) is 0 Å². The van der Waals surface area contributed by atoms with Crippen LogP contribution in [0.5, 0.6) is 11.6 Å². The number of aromatic nitrogens is 2. The monoisotopic (exact) mass is 481 g/mol. The van der Waals surface area contributed by atoms with Crippen LogP contribution in [0.4, 0.5) is 4.39 Å².